The molecule has 3 rings (SSSR count). The maximum atomic E-state index is 12.0. The lowest BCUT2D eigenvalue weighted by Crippen LogP contribution is -2.28. The number of nitrogens with zero attached hydrogens (tertiary/aromatic N) is 2. The molecule has 0 aliphatic carbocycles. The third-order valence-electron chi connectivity index (χ3n) is 3.70. The molecule has 0 atom stereocenters. The zero-order valence-corrected chi connectivity index (χ0v) is 12.1. The van der Waals surface area contributed by atoms with Crippen LogP contribution < -0.4 is 5.32 Å². The fourth-order valence-electron chi connectivity index (χ4n) is 2.49. The van der Waals surface area contributed by atoms with E-state index in [2.05, 4.69) is 10.4 Å². The van der Waals surface area contributed by atoms with E-state index in [1.165, 1.54) is 5.69 Å². The van der Waals surface area contributed by atoms with Crippen LogP contribution >= 0.6 is 0 Å². The molecule has 0 unspecified atom stereocenters. The van der Waals surface area contributed by atoms with Gasteiger partial charge in [0.25, 0.3) is 5.91 Å². The minimum Gasteiger partial charge on any atom is -0.376 e. The number of benzene rings is 1. The fraction of sp³-hybridized carbons (Fsp3) is 0.375. The molecule has 2 aromatic rings. The van der Waals surface area contributed by atoms with Crippen molar-refractivity contribution in [2.75, 3.05) is 13.2 Å². The summed E-state index contributed by atoms with van der Waals surface area (Å²) in [5.74, 6) is -0.0423. The standard InChI is InChI=1S/C16H19N3O2/c1-12-2-4-13(5-3-12)16(20)17-7-8-19-15-6-9-21-11-14(15)10-18-19/h2-5,10H,6-9,11H2,1H3,(H,17,20). The van der Waals surface area contributed by atoms with Gasteiger partial charge in [0.15, 0.2) is 0 Å². The first kappa shape index (κ1) is 13.8. The van der Waals surface area contributed by atoms with E-state index in [4.69, 9.17) is 4.74 Å². The number of aromatic nitrogens is 2. The molecular formula is C16H19N3O2. The van der Waals surface area contributed by atoms with Crippen LogP contribution in [-0.2, 0) is 24.3 Å². The van der Waals surface area contributed by atoms with Gasteiger partial charge in [-0.25, -0.2) is 0 Å². The average molecular weight is 285 g/mol. The van der Waals surface area contributed by atoms with Crippen LogP contribution in [0.5, 0.6) is 0 Å². The Bertz CT molecular complexity index is 631. The van der Waals surface area contributed by atoms with Crippen molar-refractivity contribution >= 4 is 5.91 Å². The third kappa shape index (κ3) is 3.13. The molecule has 1 aliphatic heterocycles. The van der Waals surface area contributed by atoms with Crippen molar-refractivity contribution in [2.24, 2.45) is 0 Å². The Kier molecular flexibility index (Phi) is 4.01. The summed E-state index contributed by atoms with van der Waals surface area (Å²) in [5, 5.41) is 7.30. The molecule has 2 heterocycles. The van der Waals surface area contributed by atoms with Crippen LogP contribution in [0, 0.1) is 6.92 Å². The molecular weight excluding hydrogens is 266 g/mol. The van der Waals surface area contributed by atoms with E-state index in [9.17, 15) is 4.79 Å². The van der Waals surface area contributed by atoms with Gasteiger partial charge in [0.1, 0.15) is 0 Å². The summed E-state index contributed by atoms with van der Waals surface area (Å²) in [4.78, 5) is 12.0. The van der Waals surface area contributed by atoms with Crippen molar-refractivity contribution in [3.8, 4) is 0 Å². The van der Waals surface area contributed by atoms with Crippen LogP contribution in [0.3, 0.4) is 0 Å². The molecule has 5 heteroatoms. The molecule has 1 amide bonds. The van der Waals surface area contributed by atoms with Gasteiger partial charge in [-0.2, -0.15) is 5.10 Å². The second-order valence-electron chi connectivity index (χ2n) is 5.26. The lowest BCUT2D eigenvalue weighted by Gasteiger charge is -2.14. The molecule has 1 aromatic carbocycles. The number of hydrogen-bond acceptors (Lipinski definition) is 3. The molecule has 0 fully saturated rings. The molecule has 110 valence electrons. The highest BCUT2D eigenvalue weighted by atomic mass is 16.5. The Morgan fingerprint density at radius 1 is 1.38 bits per heavy atom. The molecule has 0 radical (unpaired) electrons. The quantitative estimate of drug-likeness (QED) is 0.930. The van der Waals surface area contributed by atoms with Gasteiger partial charge < -0.3 is 10.1 Å². The number of fused-ring (bicyclic) bond motifs is 1. The summed E-state index contributed by atoms with van der Waals surface area (Å²) >= 11 is 0. The zero-order chi connectivity index (χ0) is 14.7. The summed E-state index contributed by atoms with van der Waals surface area (Å²) in [5.41, 5.74) is 4.23. The van der Waals surface area contributed by atoms with Crippen LogP contribution in [0.15, 0.2) is 30.5 Å². The summed E-state index contributed by atoms with van der Waals surface area (Å²) in [6, 6.07) is 7.58. The second kappa shape index (κ2) is 6.10. The van der Waals surface area contributed by atoms with Crippen LogP contribution in [0.25, 0.3) is 0 Å². The molecule has 0 spiro atoms. The minimum absolute atomic E-state index is 0.0423. The maximum absolute atomic E-state index is 12.0. The Labute approximate surface area is 123 Å². The number of hydrogen-bond donors (Lipinski definition) is 1. The lowest BCUT2D eigenvalue weighted by atomic mass is 10.1. The van der Waals surface area contributed by atoms with E-state index in [1.54, 1.807) is 0 Å². The average Bonchev–Trinajstić information content (AvgIpc) is 2.91. The third-order valence-corrected chi connectivity index (χ3v) is 3.70. The smallest absolute Gasteiger partial charge is 0.251 e. The summed E-state index contributed by atoms with van der Waals surface area (Å²) in [7, 11) is 0. The highest BCUT2D eigenvalue weighted by Crippen LogP contribution is 2.15. The molecule has 1 aliphatic rings. The SMILES string of the molecule is Cc1ccc(C(=O)NCCn2ncc3c2CCOC3)cc1. The van der Waals surface area contributed by atoms with Gasteiger partial charge in [0, 0.05) is 29.8 Å². The van der Waals surface area contributed by atoms with Crippen LogP contribution in [0.4, 0.5) is 0 Å². The fourth-order valence-corrected chi connectivity index (χ4v) is 2.49. The number of amides is 1. The van der Waals surface area contributed by atoms with E-state index >= 15 is 0 Å². The normalized spacial score (nSPS) is 13.8. The lowest BCUT2D eigenvalue weighted by molar-refractivity contribution is 0.0950. The van der Waals surface area contributed by atoms with E-state index < -0.39 is 0 Å². The van der Waals surface area contributed by atoms with Crippen molar-refractivity contribution in [1.82, 2.24) is 15.1 Å². The summed E-state index contributed by atoms with van der Waals surface area (Å²) in [6.45, 7) is 4.65. The molecule has 0 bridgehead atoms. The number of carbonyl (C=O) groups is 1. The molecule has 0 saturated carbocycles. The monoisotopic (exact) mass is 285 g/mol. The van der Waals surface area contributed by atoms with Gasteiger partial charge in [-0.1, -0.05) is 17.7 Å². The molecule has 0 saturated heterocycles. The Hall–Kier alpha value is -2.14. The topological polar surface area (TPSA) is 56.2 Å². The maximum Gasteiger partial charge on any atom is 0.251 e. The van der Waals surface area contributed by atoms with Crippen molar-refractivity contribution < 1.29 is 9.53 Å². The van der Waals surface area contributed by atoms with Crippen LogP contribution in [0.2, 0.25) is 0 Å². The Balaban J connectivity index is 1.55. The highest BCUT2D eigenvalue weighted by molar-refractivity contribution is 5.94. The second-order valence-corrected chi connectivity index (χ2v) is 5.26. The predicted octanol–water partition coefficient (Wildman–Crippen LogP) is 1.69. The van der Waals surface area contributed by atoms with E-state index in [0.717, 1.165) is 24.2 Å². The number of ether oxygens (including phenoxy) is 1. The van der Waals surface area contributed by atoms with Crippen molar-refractivity contribution in [3.05, 3.63) is 52.8 Å². The number of rotatable bonds is 4. The first-order valence-electron chi connectivity index (χ1n) is 7.20. The zero-order valence-electron chi connectivity index (χ0n) is 12.1. The molecule has 5 nitrogen and oxygen atoms in total. The van der Waals surface area contributed by atoms with E-state index in [0.29, 0.717) is 25.3 Å². The van der Waals surface area contributed by atoms with Crippen molar-refractivity contribution in [2.45, 2.75) is 26.5 Å². The summed E-state index contributed by atoms with van der Waals surface area (Å²) in [6.07, 6.45) is 2.75. The van der Waals surface area contributed by atoms with E-state index in [-0.39, 0.29) is 5.91 Å². The van der Waals surface area contributed by atoms with Crippen molar-refractivity contribution in [3.63, 3.8) is 0 Å². The number of carbonyl (C=O) groups excluding carboxylic acids is 1. The minimum atomic E-state index is -0.0423. The number of nitrogens with one attached hydrogen (secondary N) is 1. The first-order chi connectivity index (χ1) is 10.2. The van der Waals surface area contributed by atoms with Gasteiger partial charge >= 0.3 is 0 Å². The number of aryl methyl sites for hydroxylation is 1. The van der Waals surface area contributed by atoms with Gasteiger partial charge in [0.2, 0.25) is 0 Å². The van der Waals surface area contributed by atoms with Gasteiger partial charge in [-0.05, 0) is 19.1 Å². The van der Waals surface area contributed by atoms with Gasteiger partial charge in [0.05, 0.1) is 26.0 Å². The Morgan fingerprint density at radius 2 is 2.19 bits per heavy atom. The molecule has 1 aromatic heterocycles. The Morgan fingerprint density at radius 3 is 3.00 bits per heavy atom. The first-order valence-corrected chi connectivity index (χ1v) is 7.20. The molecule has 1 N–H and O–H groups in total. The van der Waals surface area contributed by atoms with Crippen LogP contribution in [0.1, 0.15) is 27.2 Å². The predicted molar refractivity (Wildman–Crippen MR) is 79.1 cm³/mol. The summed E-state index contributed by atoms with van der Waals surface area (Å²) < 4.78 is 7.36. The van der Waals surface area contributed by atoms with Crippen molar-refractivity contribution in [1.29, 1.82) is 0 Å². The van der Waals surface area contributed by atoms with Gasteiger partial charge in [-0.15, -0.1) is 0 Å². The molecule has 21 heavy (non-hydrogen) atoms. The highest BCUT2D eigenvalue weighted by Gasteiger charge is 2.15. The van der Waals surface area contributed by atoms with E-state index in [1.807, 2.05) is 42.1 Å². The largest absolute Gasteiger partial charge is 0.376 e. The van der Waals surface area contributed by atoms with Gasteiger partial charge in [-0.3, -0.25) is 9.48 Å². The van der Waals surface area contributed by atoms with Crippen LogP contribution in [-0.4, -0.2) is 28.8 Å².